The summed E-state index contributed by atoms with van der Waals surface area (Å²) in [6.45, 7) is 10.7. The van der Waals surface area contributed by atoms with Crippen LogP contribution in [-0.2, 0) is 7.05 Å². The molecule has 0 radical (unpaired) electrons. The van der Waals surface area contributed by atoms with Gasteiger partial charge in [0.25, 0.3) is 0 Å². The van der Waals surface area contributed by atoms with E-state index in [0.717, 1.165) is 29.6 Å². The molecule has 2 aromatic rings. The van der Waals surface area contributed by atoms with E-state index in [1.165, 1.54) is 5.69 Å². The zero-order chi connectivity index (χ0) is 15.4. The van der Waals surface area contributed by atoms with Crippen molar-refractivity contribution in [2.24, 2.45) is 7.05 Å². The van der Waals surface area contributed by atoms with E-state index in [4.69, 9.17) is 0 Å². The highest BCUT2D eigenvalue weighted by Crippen LogP contribution is 2.26. The van der Waals surface area contributed by atoms with Crippen molar-refractivity contribution in [3.8, 4) is 11.4 Å². The summed E-state index contributed by atoms with van der Waals surface area (Å²) in [5.74, 6) is 0.921. The number of hydrogen-bond donors (Lipinski definition) is 0. The molecule has 0 unspecified atom stereocenters. The third-order valence-electron chi connectivity index (χ3n) is 3.43. The van der Waals surface area contributed by atoms with E-state index in [2.05, 4.69) is 71.6 Å². The second-order valence-electron chi connectivity index (χ2n) is 5.25. The molecule has 0 saturated carbocycles. The molecule has 0 aliphatic carbocycles. The van der Waals surface area contributed by atoms with Gasteiger partial charge in [0.15, 0.2) is 11.0 Å². The van der Waals surface area contributed by atoms with Crippen molar-refractivity contribution >= 4 is 17.4 Å². The van der Waals surface area contributed by atoms with Crippen molar-refractivity contribution in [2.75, 3.05) is 18.0 Å². The molecule has 0 spiro atoms. The van der Waals surface area contributed by atoms with E-state index in [1.54, 1.807) is 11.8 Å². The molecule has 1 aromatic heterocycles. The van der Waals surface area contributed by atoms with E-state index in [1.807, 2.05) is 7.05 Å². The molecule has 114 valence electrons. The van der Waals surface area contributed by atoms with Gasteiger partial charge in [0, 0.05) is 36.6 Å². The number of thioether (sulfide) groups is 1. The van der Waals surface area contributed by atoms with Crippen LogP contribution >= 0.6 is 11.8 Å². The van der Waals surface area contributed by atoms with Crippen molar-refractivity contribution in [1.82, 2.24) is 14.8 Å². The van der Waals surface area contributed by atoms with Crippen molar-refractivity contribution in [3.63, 3.8) is 0 Å². The summed E-state index contributed by atoms with van der Waals surface area (Å²) in [5, 5.41) is 10.1. The summed E-state index contributed by atoms with van der Waals surface area (Å²) >= 11 is 1.74. The summed E-state index contributed by atoms with van der Waals surface area (Å²) in [6.07, 6.45) is 0. The van der Waals surface area contributed by atoms with Gasteiger partial charge in [-0.05, 0) is 38.1 Å². The molecule has 1 heterocycles. The standard InChI is InChI=1S/C16H24N4S/c1-6-20(7-2)14-10-8-13(9-11-14)15-17-18-16(19(15)5)21-12(3)4/h8-12H,6-7H2,1-5H3. The van der Waals surface area contributed by atoms with Gasteiger partial charge in [0.1, 0.15) is 0 Å². The second-order valence-corrected chi connectivity index (χ2v) is 6.79. The molecule has 21 heavy (non-hydrogen) atoms. The van der Waals surface area contributed by atoms with Crippen LogP contribution in [0.25, 0.3) is 11.4 Å². The van der Waals surface area contributed by atoms with Crippen LogP contribution < -0.4 is 4.90 Å². The zero-order valence-electron chi connectivity index (χ0n) is 13.5. The van der Waals surface area contributed by atoms with Gasteiger partial charge in [-0.2, -0.15) is 0 Å². The van der Waals surface area contributed by atoms with Crippen LogP contribution in [-0.4, -0.2) is 33.1 Å². The van der Waals surface area contributed by atoms with Gasteiger partial charge in [-0.3, -0.25) is 0 Å². The maximum absolute atomic E-state index is 4.33. The fourth-order valence-corrected chi connectivity index (χ4v) is 3.04. The molecule has 0 saturated heterocycles. The molecule has 4 nitrogen and oxygen atoms in total. The van der Waals surface area contributed by atoms with Crippen LogP contribution in [0.3, 0.4) is 0 Å². The highest BCUT2D eigenvalue weighted by atomic mass is 32.2. The van der Waals surface area contributed by atoms with Gasteiger partial charge in [-0.15, -0.1) is 10.2 Å². The van der Waals surface area contributed by atoms with Gasteiger partial charge in [-0.1, -0.05) is 25.6 Å². The van der Waals surface area contributed by atoms with Gasteiger partial charge in [0.05, 0.1) is 0 Å². The minimum Gasteiger partial charge on any atom is -0.372 e. The lowest BCUT2D eigenvalue weighted by Gasteiger charge is -2.21. The Morgan fingerprint density at radius 1 is 1.10 bits per heavy atom. The summed E-state index contributed by atoms with van der Waals surface area (Å²) in [7, 11) is 2.03. The molecule has 0 bridgehead atoms. The Balaban J connectivity index is 2.25. The Morgan fingerprint density at radius 3 is 2.24 bits per heavy atom. The molecule has 0 atom stereocenters. The number of aromatic nitrogens is 3. The van der Waals surface area contributed by atoms with Crippen molar-refractivity contribution in [1.29, 1.82) is 0 Å². The smallest absolute Gasteiger partial charge is 0.191 e. The Labute approximate surface area is 131 Å². The molecule has 1 aromatic carbocycles. The first-order chi connectivity index (χ1) is 10.1. The van der Waals surface area contributed by atoms with Crippen molar-refractivity contribution < 1.29 is 0 Å². The van der Waals surface area contributed by atoms with Crippen LogP contribution in [0.1, 0.15) is 27.7 Å². The Morgan fingerprint density at radius 2 is 1.71 bits per heavy atom. The molecule has 0 aliphatic heterocycles. The molecular formula is C16H24N4S. The maximum atomic E-state index is 4.33. The van der Waals surface area contributed by atoms with E-state index < -0.39 is 0 Å². The predicted octanol–water partition coefficient (Wildman–Crippen LogP) is 3.83. The Kier molecular flexibility index (Phi) is 5.28. The van der Waals surface area contributed by atoms with Gasteiger partial charge in [-0.25, -0.2) is 0 Å². The number of rotatable bonds is 6. The molecule has 0 amide bonds. The molecule has 0 N–H and O–H groups in total. The minimum absolute atomic E-state index is 0.505. The normalized spacial score (nSPS) is 11.1. The zero-order valence-corrected chi connectivity index (χ0v) is 14.3. The average Bonchev–Trinajstić information content (AvgIpc) is 2.82. The van der Waals surface area contributed by atoms with Crippen molar-refractivity contribution in [3.05, 3.63) is 24.3 Å². The first-order valence-electron chi connectivity index (χ1n) is 7.48. The largest absolute Gasteiger partial charge is 0.372 e. The van der Waals surface area contributed by atoms with Crippen LogP contribution in [0.5, 0.6) is 0 Å². The lowest BCUT2D eigenvalue weighted by molar-refractivity contribution is 0.790. The molecule has 2 rings (SSSR count). The number of hydrogen-bond acceptors (Lipinski definition) is 4. The number of anilines is 1. The SMILES string of the molecule is CCN(CC)c1ccc(-c2nnc(SC(C)C)n2C)cc1. The quantitative estimate of drug-likeness (QED) is 0.760. The monoisotopic (exact) mass is 304 g/mol. The highest BCUT2D eigenvalue weighted by molar-refractivity contribution is 7.99. The van der Waals surface area contributed by atoms with Gasteiger partial charge in [0.2, 0.25) is 0 Å². The topological polar surface area (TPSA) is 34.0 Å². The lowest BCUT2D eigenvalue weighted by Crippen LogP contribution is -2.21. The third-order valence-corrected chi connectivity index (χ3v) is 4.47. The van der Waals surface area contributed by atoms with Crippen LogP contribution in [0.15, 0.2) is 29.4 Å². The van der Waals surface area contributed by atoms with E-state index in [-0.39, 0.29) is 0 Å². The number of benzene rings is 1. The lowest BCUT2D eigenvalue weighted by atomic mass is 10.2. The number of nitrogens with zero attached hydrogens (tertiary/aromatic N) is 4. The van der Waals surface area contributed by atoms with Crippen molar-refractivity contribution in [2.45, 2.75) is 38.1 Å². The highest BCUT2D eigenvalue weighted by Gasteiger charge is 2.12. The Bertz CT molecular complexity index is 570. The summed E-state index contributed by atoms with van der Waals surface area (Å²) in [6, 6.07) is 8.57. The van der Waals surface area contributed by atoms with E-state index >= 15 is 0 Å². The maximum Gasteiger partial charge on any atom is 0.191 e. The molecule has 0 fully saturated rings. The predicted molar refractivity (Wildman–Crippen MR) is 91.0 cm³/mol. The van der Waals surface area contributed by atoms with Gasteiger partial charge < -0.3 is 9.47 Å². The van der Waals surface area contributed by atoms with Crippen LogP contribution in [0.4, 0.5) is 5.69 Å². The Hall–Kier alpha value is -1.49. The summed E-state index contributed by atoms with van der Waals surface area (Å²) in [4.78, 5) is 2.33. The molecule has 0 aliphatic rings. The fourth-order valence-electron chi connectivity index (χ4n) is 2.29. The molecular weight excluding hydrogens is 280 g/mol. The third kappa shape index (κ3) is 3.59. The second kappa shape index (κ2) is 6.98. The fraction of sp³-hybridized carbons (Fsp3) is 0.500. The summed E-state index contributed by atoms with van der Waals surface area (Å²) < 4.78 is 2.07. The van der Waals surface area contributed by atoms with E-state index in [9.17, 15) is 0 Å². The molecule has 5 heteroatoms. The average molecular weight is 304 g/mol. The van der Waals surface area contributed by atoms with Crippen LogP contribution in [0.2, 0.25) is 0 Å². The van der Waals surface area contributed by atoms with Crippen LogP contribution in [0, 0.1) is 0 Å². The van der Waals surface area contributed by atoms with E-state index in [0.29, 0.717) is 5.25 Å². The summed E-state index contributed by atoms with van der Waals surface area (Å²) in [5.41, 5.74) is 2.36. The minimum atomic E-state index is 0.505. The van der Waals surface area contributed by atoms with Gasteiger partial charge >= 0.3 is 0 Å². The first-order valence-corrected chi connectivity index (χ1v) is 8.36. The first kappa shape index (κ1) is 15.9.